The first-order chi connectivity index (χ1) is 16.1. The highest BCUT2D eigenvalue weighted by atomic mass is 32.2. The molecule has 0 N–H and O–H groups in total. The summed E-state index contributed by atoms with van der Waals surface area (Å²) in [5, 5.41) is 2.96. The maximum atomic E-state index is 13.8. The smallest absolute Gasteiger partial charge is 0.329 e. The van der Waals surface area contributed by atoms with Gasteiger partial charge in [-0.3, -0.25) is 0 Å². The second-order valence-electron chi connectivity index (χ2n) is 8.87. The lowest BCUT2D eigenvalue weighted by Gasteiger charge is -2.32. The van der Waals surface area contributed by atoms with Crippen LogP contribution in [0.2, 0.25) is 0 Å². The number of hydrogen-bond acceptors (Lipinski definition) is 6. The van der Waals surface area contributed by atoms with Gasteiger partial charge in [-0.25, -0.2) is 13.2 Å². The topological polar surface area (TPSA) is 72.9 Å². The van der Waals surface area contributed by atoms with E-state index in [9.17, 15) is 13.2 Å². The Morgan fingerprint density at radius 1 is 1.15 bits per heavy atom. The van der Waals surface area contributed by atoms with Gasteiger partial charge in [0.25, 0.3) is 0 Å². The maximum absolute atomic E-state index is 13.8. The highest BCUT2D eigenvalue weighted by molar-refractivity contribution is 7.88. The van der Waals surface area contributed by atoms with Crippen molar-refractivity contribution in [3.63, 3.8) is 0 Å². The van der Waals surface area contributed by atoms with Gasteiger partial charge < -0.3 is 9.47 Å². The van der Waals surface area contributed by atoms with Crippen LogP contribution >= 0.6 is 11.3 Å². The molecule has 1 unspecified atom stereocenters. The molecule has 0 aliphatic carbocycles. The summed E-state index contributed by atoms with van der Waals surface area (Å²) in [6.07, 6.45) is 1.59. The summed E-state index contributed by atoms with van der Waals surface area (Å²) in [6, 6.07) is 15.3. The zero-order valence-corrected chi connectivity index (χ0v) is 21.4. The summed E-state index contributed by atoms with van der Waals surface area (Å²) in [6.45, 7) is 9.29. The van der Waals surface area contributed by atoms with Gasteiger partial charge in [0.15, 0.2) is 0 Å². The monoisotopic (exact) mass is 501 g/mol. The largest absolute Gasteiger partial charge is 0.459 e. The van der Waals surface area contributed by atoms with Crippen molar-refractivity contribution in [1.82, 2.24) is 4.31 Å². The number of carbonyl (C=O) groups excluding carboxylic acids is 1. The fourth-order valence-electron chi connectivity index (χ4n) is 3.56. The molecule has 34 heavy (non-hydrogen) atoms. The summed E-state index contributed by atoms with van der Waals surface area (Å²) >= 11 is 1.60. The van der Waals surface area contributed by atoms with Crippen LogP contribution < -0.4 is 0 Å². The fourth-order valence-corrected chi connectivity index (χ4v) is 5.98. The van der Waals surface area contributed by atoms with Gasteiger partial charge in [0.2, 0.25) is 10.0 Å². The Kier molecular flexibility index (Phi) is 8.65. The second kappa shape index (κ2) is 11.3. The lowest BCUT2D eigenvalue weighted by molar-refractivity contribution is -0.160. The minimum absolute atomic E-state index is 0.00429. The van der Waals surface area contributed by atoms with Crippen LogP contribution in [0.1, 0.15) is 37.9 Å². The van der Waals surface area contributed by atoms with Gasteiger partial charge in [0, 0.05) is 11.2 Å². The van der Waals surface area contributed by atoms with E-state index in [2.05, 4.69) is 6.58 Å². The molecule has 0 aliphatic rings. The molecule has 2 aromatic carbocycles. The Labute approximate surface area is 205 Å². The van der Waals surface area contributed by atoms with Crippen molar-refractivity contribution in [2.45, 2.75) is 38.2 Å². The van der Waals surface area contributed by atoms with E-state index < -0.39 is 27.6 Å². The van der Waals surface area contributed by atoms with Crippen LogP contribution in [-0.4, -0.2) is 44.1 Å². The lowest BCUT2D eigenvalue weighted by Crippen LogP contribution is -2.43. The first-order valence-corrected chi connectivity index (χ1v) is 13.5. The van der Waals surface area contributed by atoms with Crippen molar-refractivity contribution < 1.29 is 22.7 Å². The average Bonchev–Trinajstić information content (AvgIpc) is 3.22. The number of ether oxygens (including phenoxy) is 2. The van der Waals surface area contributed by atoms with Gasteiger partial charge in [-0.05, 0) is 60.9 Å². The number of rotatable bonds is 11. The molecule has 0 fully saturated rings. The van der Waals surface area contributed by atoms with Crippen molar-refractivity contribution in [3.05, 3.63) is 83.8 Å². The maximum Gasteiger partial charge on any atom is 0.329 e. The summed E-state index contributed by atoms with van der Waals surface area (Å²) in [5.74, 6) is -0.869. The zero-order chi connectivity index (χ0) is 24.8. The minimum atomic E-state index is -3.93. The summed E-state index contributed by atoms with van der Waals surface area (Å²) in [7, 11) is -3.93. The summed E-state index contributed by atoms with van der Waals surface area (Å²) in [4.78, 5) is 13.3. The van der Waals surface area contributed by atoms with Crippen molar-refractivity contribution in [1.29, 1.82) is 0 Å². The molecule has 6 nitrogen and oxygen atoms in total. The number of thiophene rings is 1. The van der Waals surface area contributed by atoms with Crippen molar-refractivity contribution >= 4 is 37.4 Å². The second-order valence-corrected chi connectivity index (χ2v) is 11.7. The van der Waals surface area contributed by atoms with Crippen molar-refractivity contribution in [3.8, 4) is 0 Å². The third kappa shape index (κ3) is 6.99. The Bertz CT molecular complexity index is 1210. The summed E-state index contributed by atoms with van der Waals surface area (Å²) in [5.41, 5.74) is 0.416. The van der Waals surface area contributed by atoms with Crippen LogP contribution in [0.25, 0.3) is 10.1 Å². The summed E-state index contributed by atoms with van der Waals surface area (Å²) < 4.78 is 41.0. The van der Waals surface area contributed by atoms with Crippen LogP contribution in [0.4, 0.5) is 0 Å². The molecule has 0 radical (unpaired) electrons. The molecule has 182 valence electrons. The minimum Gasteiger partial charge on any atom is -0.459 e. The first kappa shape index (κ1) is 26.1. The number of sulfonamides is 1. The Balaban J connectivity index is 2.00. The van der Waals surface area contributed by atoms with Gasteiger partial charge in [-0.2, -0.15) is 4.31 Å². The molecule has 8 heteroatoms. The average molecular weight is 502 g/mol. The molecule has 1 heterocycles. The fraction of sp³-hybridized carbons (Fsp3) is 0.346. The Hall–Kier alpha value is -2.52. The van der Waals surface area contributed by atoms with E-state index in [4.69, 9.17) is 9.47 Å². The molecular formula is C26H31NO5S2. The van der Waals surface area contributed by atoms with Gasteiger partial charge in [0.1, 0.15) is 11.6 Å². The van der Waals surface area contributed by atoms with E-state index >= 15 is 0 Å². The number of benzene rings is 2. The molecule has 3 aromatic rings. The third-order valence-corrected chi connectivity index (χ3v) is 7.65. The van der Waals surface area contributed by atoms with Gasteiger partial charge in [-0.1, -0.05) is 42.5 Å². The van der Waals surface area contributed by atoms with Crippen LogP contribution in [0.15, 0.2) is 72.6 Å². The van der Waals surface area contributed by atoms with Gasteiger partial charge in [-0.15, -0.1) is 17.9 Å². The molecule has 1 aromatic heterocycles. The molecule has 0 amide bonds. The first-order valence-electron chi connectivity index (χ1n) is 11.0. The molecule has 3 rings (SSSR count). The SMILES string of the molecule is C=CCOCCN(C(C(=O)OC(C)(C)C)c1ccccc1)S(=O)(=O)Cc1ccc2sccc2c1. The predicted molar refractivity (Wildman–Crippen MR) is 137 cm³/mol. The molecule has 1 atom stereocenters. The lowest BCUT2D eigenvalue weighted by atomic mass is 10.1. The van der Waals surface area contributed by atoms with E-state index in [0.29, 0.717) is 11.1 Å². The molecule has 0 saturated carbocycles. The predicted octanol–water partition coefficient (Wildman–Crippen LogP) is 5.32. The number of hydrogen-bond donors (Lipinski definition) is 0. The quantitative estimate of drug-likeness (QED) is 0.202. The normalized spacial score (nSPS) is 13.2. The van der Waals surface area contributed by atoms with Crippen LogP contribution in [0.3, 0.4) is 0 Å². The van der Waals surface area contributed by atoms with Gasteiger partial charge >= 0.3 is 5.97 Å². The molecule has 0 bridgehead atoms. The number of carbonyl (C=O) groups is 1. The van der Waals surface area contributed by atoms with E-state index in [1.807, 2.05) is 35.7 Å². The Morgan fingerprint density at radius 2 is 1.88 bits per heavy atom. The van der Waals surface area contributed by atoms with Crippen LogP contribution in [0.5, 0.6) is 0 Å². The number of fused-ring (bicyclic) bond motifs is 1. The van der Waals surface area contributed by atoms with Crippen LogP contribution in [-0.2, 0) is 30.0 Å². The van der Waals surface area contributed by atoms with Crippen molar-refractivity contribution in [2.24, 2.45) is 0 Å². The zero-order valence-electron chi connectivity index (χ0n) is 19.8. The molecule has 0 saturated heterocycles. The van der Waals surface area contributed by atoms with E-state index in [1.54, 1.807) is 62.4 Å². The van der Waals surface area contributed by atoms with Crippen LogP contribution in [0, 0.1) is 0 Å². The standard InChI is InChI=1S/C26H31NO5S2/c1-5-15-31-16-14-27(24(21-9-7-6-8-10-21)25(28)32-26(2,3)4)34(29,30)19-20-11-12-23-22(18-20)13-17-33-23/h5-13,17-18,24H,1,14-16,19H2,2-4H3. The van der Waals surface area contributed by atoms with Gasteiger partial charge in [0.05, 0.1) is 19.0 Å². The molecular weight excluding hydrogens is 470 g/mol. The highest BCUT2D eigenvalue weighted by Gasteiger charge is 2.38. The number of esters is 1. The van der Waals surface area contributed by atoms with E-state index in [-0.39, 0.29) is 25.5 Å². The van der Waals surface area contributed by atoms with E-state index in [1.165, 1.54) is 4.31 Å². The molecule has 0 spiro atoms. The molecule has 0 aliphatic heterocycles. The number of nitrogens with zero attached hydrogens (tertiary/aromatic N) is 1. The van der Waals surface area contributed by atoms with E-state index in [0.717, 1.165) is 10.1 Å². The highest BCUT2D eigenvalue weighted by Crippen LogP contribution is 2.30. The third-order valence-electron chi connectivity index (χ3n) is 4.95. The Morgan fingerprint density at radius 3 is 2.56 bits per heavy atom. The van der Waals surface area contributed by atoms with Crippen molar-refractivity contribution in [2.75, 3.05) is 19.8 Å².